The molecule has 1 aromatic carbocycles. The summed E-state index contributed by atoms with van der Waals surface area (Å²) in [4.78, 5) is 15.3. The number of halogens is 2. The maximum absolute atomic E-state index is 12.9. The first-order valence-electron chi connectivity index (χ1n) is 6.89. The highest BCUT2D eigenvalue weighted by Gasteiger charge is 2.42. The van der Waals surface area contributed by atoms with Gasteiger partial charge >= 0.3 is 0 Å². The topological polar surface area (TPSA) is 29.5 Å². The van der Waals surface area contributed by atoms with Gasteiger partial charge in [-0.1, -0.05) is 0 Å². The highest BCUT2D eigenvalue weighted by Crippen LogP contribution is 2.39. The van der Waals surface area contributed by atoms with Gasteiger partial charge in [-0.3, -0.25) is 4.79 Å². The number of hydrogen-bond acceptors (Lipinski definition) is 3. The van der Waals surface area contributed by atoms with Gasteiger partial charge in [0.2, 0.25) is 0 Å². The minimum Gasteiger partial charge on any atom is -0.491 e. The molecule has 2 aliphatic heterocycles. The molecule has 0 bridgehead atoms. The number of likely N-dealkylation sites (tertiary alicyclic amines) is 1. The Balaban J connectivity index is 1.91. The van der Waals surface area contributed by atoms with Crippen LogP contribution in [0.3, 0.4) is 0 Å². The predicted molar refractivity (Wildman–Crippen MR) is 95.5 cm³/mol. The van der Waals surface area contributed by atoms with Crippen molar-refractivity contribution in [2.75, 3.05) is 26.2 Å². The van der Waals surface area contributed by atoms with Crippen molar-refractivity contribution in [2.45, 2.75) is 19.8 Å². The molecule has 0 spiro atoms. The third-order valence-corrected chi connectivity index (χ3v) is 5.53. The van der Waals surface area contributed by atoms with E-state index in [9.17, 15) is 4.79 Å². The molecule has 0 radical (unpaired) electrons. The van der Waals surface area contributed by atoms with Crippen LogP contribution in [0.5, 0.6) is 5.75 Å². The summed E-state index contributed by atoms with van der Waals surface area (Å²) >= 11 is 4.51. The van der Waals surface area contributed by atoms with Crippen LogP contribution in [0.2, 0.25) is 0 Å². The molecule has 1 fully saturated rings. The van der Waals surface area contributed by atoms with Crippen molar-refractivity contribution in [1.29, 1.82) is 0 Å². The summed E-state index contributed by atoms with van der Waals surface area (Å²) in [6.07, 6.45) is 2.50. The molecular weight excluding hydrogens is 480 g/mol. The number of carbonyl (C=O) groups excluding carboxylic acids is 1. The van der Waals surface area contributed by atoms with E-state index in [1.807, 2.05) is 13.0 Å². The van der Waals surface area contributed by atoms with E-state index < -0.39 is 5.41 Å². The van der Waals surface area contributed by atoms with E-state index in [2.05, 4.69) is 56.1 Å². The SMILES string of the molecule is CC1(CN2CCCC2)COc2c(I)cc(I)cc2C1=O. The van der Waals surface area contributed by atoms with E-state index in [-0.39, 0.29) is 5.78 Å². The third-order valence-electron chi connectivity index (χ3n) is 4.11. The van der Waals surface area contributed by atoms with Crippen molar-refractivity contribution in [3.63, 3.8) is 0 Å². The van der Waals surface area contributed by atoms with E-state index >= 15 is 0 Å². The van der Waals surface area contributed by atoms with Crippen molar-refractivity contribution in [1.82, 2.24) is 4.90 Å². The van der Waals surface area contributed by atoms with Crippen molar-refractivity contribution in [2.24, 2.45) is 5.41 Å². The molecule has 1 aromatic rings. The van der Waals surface area contributed by atoms with Crippen LogP contribution in [-0.4, -0.2) is 36.9 Å². The maximum atomic E-state index is 12.9. The van der Waals surface area contributed by atoms with Gasteiger partial charge in [0.25, 0.3) is 0 Å². The lowest BCUT2D eigenvalue weighted by Crippen LogP contribution is -2.46. The van der Waals surface area contributed by atoms with Crippen LogP contribution in [0.25, 0.3) is 0 Å². The van der Waals surface area contributed by atoms with E-state index in [1.165, 1.54) is 12.8 Å². The smallest absolute Gasteiger partial charge is 0.177 e. The molecule has 1 atom stereocenters. The second-order valence-corrected chi connectivity index (χ2v) is 8.33. The lowest BCUT2D eigenvalue weighted by Gasteiger charge is -2.36. The van der Waals surface area contributed by atoms with Gasteiger partial charge in [0.1, 0.15) is 12.4 Å². The standard InChI is InChI=1S/C15H17I2NO2/c1-15(8-18-4-2-3-5-18)9-20-13-11(14(15)19)6-10(16)7-12(13)17/h6-7H,2-5,8-9H2,1H3. The second kappa shape index (κ2) is 5.72. The zero-order chi connectivity index (χ0) is 14.3. The van der Waals surface area contributed by atoms with Gasteiger partial charge in [-0.05, 0) is 90.2 Å². The molecule has 3 rings (SSSR count). The Kier molecular flexibility index (Phi) is 4.29. The number of rotatable bonds is 2. The highest BCUT2D eigenvalue weighted by atomic mass is 127. The summed E-state index contributed by atoms with van der Waals surface area (Å²) in [6.45, 7) is 5.57. The zero-order valence-corrected chi connectivity index (χ0v) is 15.7. The first-order valence-corrected chi connectivity index (χ1v) is 9.04. The molecule has 108 valence electrons. The van der Waals surface area contributed by atoms with Gasteiger partial charge in [0.05, 0.1) is 14.5 Å². The molecule has 0 aromatic heterocycles. The number of fused-ring (bicyclic) bond motifs is 1. The monoisotopic (exact) mass is 497 g/mol. The molecule has 0 saturated carbocycles. The summed E-state index contributed by atoms with van der Waals surface area (Å²) in [6, 6.07) is 4.01. The van der Waals surface area contributed by atoms with Crippen LogP contribution < -0.4 is 4.74 Å². The Morgan fingerprint density at radius 1 is 1.30 bits per heavy atom. The quantitative estimate of drug-likeness (QED) is 0.586. The van der Waals surface area contributed by atoms with Crippen molar-refractivity contribution < 1.29 is 9.53 Å². The maximum Gasteiger partial charge on any atom is 0.177 e. The minimum atomic E-state index is -0.412. The van der Waals surface area contributed by atoms with Crippen molar-refractivity contribution in [3.8, 4) is 5.75 Å². The van der Waals surface area contributed by atoms with Gasteiger partial charge in [-0.15, -0.1) is 0 Å². The normalized spacial score (nSPS) is 26.4. The zero-order valence-electron chi connectivity index (χ0n) is 11.4. The molecular formula is C15H17I2NO2. The van der Waals surface area contributed by atoms with Crippen LogP contribution >= 0.6 is 45.2 Å². The van der Waals surface area contributed by atoms with Crippen LogP contribution in [0.4, 0.5) is 0 Å². The first-order chi connectivity index (χ1) is 9.49. The molecule has 2 heterocycles. The number of nitrogens with zero attached hydrogens (tertiary/aromatic N) is 1. The van der Waals surface area contributed by atoms with Gasteiger partial charge in [0.15, 0.2) is 5.78 Å². The number of carbonyl (C=O) groups is 1. The number of benzene rings is 1. The summed E-state index contributed by atoms with van der Waals surface area (Å²) in [5, 5.41) is 0. The number of Topliss-reactive ketones (excluding diaryl/α,β-unsaturated/α-hetero) is 1. The Hall–Kier alpha value is 0.110. The van der Waals surface area contributed by atoms with E-state index in [1.54, 1.807) is 0 Å². The average molecular weight is 497 g/mol. The Morgan fingerprint density at radius 3 is 2.70 bits per heavy atom. The van der Waals surface area contributed by atoms with E-state index in [0.717, 1.165) is 38.1 Å². The summed E-state index contributed by atoms with van der Waals surface area (Å²) < 4.78 is 8.07. The van der Waals surface area contributed by atoms with Crippen LogP contribution in [-0.2, 0) is 0 Å². The van der Waals surface area contributed by atoms with E-state index in [4.69, 9.17) is 4.74 Å². The molecule has 5 heteroatoms. The summed E-state index contributed by atoms with van der Waals surface area (Å²) in [5.41, 5.74) is 0.347. The van der Waals surface area contributed by atoms with Crippen LogP contribution in [0.15, 0.2) is 12.1 Å². The fraction of sp³-hybridized carbons (Fsp3) is 0.533. The summed E-state index contributed by atoms with van der Waals surface area (Å²) in [5.74, 6) is 1.01. The fourth-order valence-electron chi connectivity index (χ4n) is 3.05. The highest BCUT2D eigenvalue weighted by molar-refractivity contribution is 14.1. The van der Waals surface area contributed by atoms with Crippen molar-refractivity contribution >= 4 is 51.0 Å². The molecule has 0 amide bonds. The number of hydrogen-bond donors (Lipinski definition) is 0. The Morgan fingerprint density at radius 2 is 2.00 bits per heavy atom. The molecule has 0 N–H and O–H groups in total. The number of ketones is 1. The lowest BCUT2D eigenvalue weighted by atomic mass is 9.80. The lowest BCUT2D eigenvalue weighted by molar-refractivity contribution is 0.0549. The molecule has 1 unspecified atom stereocenters. The first kappa shape index (κ1) is 15.0. The molecule has 1 saturated heterocycles. The second-order valence-electron chi connectivity index (χ2n) is 5.93. The average Bonchev–Trinajstić information content (AvgIpc) is 2.87. The molecule has 2 aliphatic rings. The van der Waals surface area contributed by atoms with E-state index in [0.29, 0.717) is 6.61 Å². The van der Waals surface area contributed by atoms with Gasteiger partial charge in [-0.2, -0.15) is 0 Å². The fourth-order valence-corrected chi connectivity index (χ4v) is 5.05. The number of ether oxygens (including phenoxy) is 1. The predicted octanol–water partition coefficient (Wildman–Crippen LogP) is 3.57. The molecule has 3 nitrogen and oxygen atoms in total. The summed E-state index contributed by atoms with van der Waals surface area (Å²) in [7, 11) is 0. The molecule has 0 aliphatic carbocycles. The molecule has 20 heavy (non-hydrogen) atoms. The minimum absolute atomic E-state index is 0.238. The van der Waals surface area contributed by atoms with Crippen LogP contribution in [0, 0.1) is 12.6 Å². The largest absolute Gasteiger partial charge is 0.491 e. The Labute approximate surface area is 146 Å². The van der Waals surface area contributed by atoms with Crippen LogP contribution in [0.1, 0.15) is 30.1 Å². The van der Waals surface area contributed by atoms with Gasteiger partial charge in [-0.25, -0.2) is 0 Å². The third kappa shape index (κ3) is 2.72. The van der Waals surface area contributed by atoms with Gasteiger partial charge in [0, 0.05) is 10.1 Å². The van der Waals surface area contributed by atoms with Gasteiger partial charge < -0.3 is 9.64 Å². The van der Waals surface area contributed by atoms with Crippen molar-refractivity contribution in [3.05, 3.63) is 24.8 Å². The Bertz CT molecular complexity index is 555.